The predicted molar refractivity (Wildman–Crippen MR) is 71.9 cm³/mol. The fourth-order valence-corrected chi connectivity index (χ4v) is 1.84. The molecule has 17 heavy (non-hydrogen) atoms. The number of hydrogen-bond acceptors (Lipinski definition) is 3. The third-order valence-corrected chi connectivity index (χ3v) is 3.00. The SMILES string of the molecule is CCn1cc(CN(C)c2ccc(Br)cn2)cn1. The van der Waals surface area contributed by atoms with Crippen LogP contribution in [-0.2, 0) is 13.1 Å². The molecule has 0 fully saturated rings. The van der Waals surface area contributed by atoms with Gasteiger partial charge in [0, 0.05) is 42.6 Å². The van der Waals surface area contributed by atoms with Crippen LogP contribution in [0.15, 0.2) is 35.2 Å². The fraction of sp³-hybridized carbons (Fsp3) is 0.333. The molecule has 0 saturated carbocycles. The molecule has 5 heteroatoms. The van der Waals surface area contributed by atoms with Crippen molar-refractivity contribution in [3.63, 3.8) is 0 Å². The third-order valence-electron chi connectivity index (χ3n) is 2.53. The first kappa shape index (κ1) is 12.1. The van der Waals surface area contributed by atoms with Crippen molar-refractivity contribution < 1.29 is 0 Å². The summed E-state index contributed by atoms with van der Waals surface area (Å²) in [5, 5.41) is 4.26. The molecule has 2 rings (SSSR count). The predicted octanol–water partition coefficient (Wildman–Crippen LogP) is 2.70. The third kappa shape index (κ3) is 3.06. The molecule has 90 valence electrons. The van der Waals surface area contributed by atoms with Gasteiger partial charge in [-0.05, 0) is 35.0 Å². The van der Waals surface area contributed by atoms with Crippen molar-refractivity contribution in [2.75, 3.05) is 11.9 Å². The topological polar surface area (TPSA) is 34.0 Å². The Morgan fingerprint density at radius 3 is 2.76 bits per heavy atom. The monoisotopic (exact) mass is 294 g/mol. The Bertz CT molecular complexity index is 478. The minimum absolute atomic E-state index is 0.814. The zero-order valence-corrected chi connectivity index (χ0v) is 11.6. The van der Waals surface area contributed by atoms with E-state index in [2.05, 4.69) is 44.0 Å². The normalized spacial score (nSPS) is 10.5. The number of rotatable bonds is 4. The Morgan fingerprint density at radius 1 is 1.35 bits per heavy atom. The lowest BCUT2D eigenvalue weighted by Crippen LogP contribution is -2.17. The molecule has 0 aliphatic rings. The molecule has 0 radical (unpaired) electrons. The smallest absolute Gasteiger partial charge is 0.128 e. The van der Waals surface area contributed by atoms with Gasteiger partial charge in [-0.25, -0.2) is 4.98 Å². The highest BCUT2D eigenvalue weighted by atomic mass is 79.9. The van der Waals surface area contributed by atoms with Gasteiger partial charge in [-0.1, -0.05) is 0 Å². The van der Waals surface area contributed by atoms with Crippen molar-refractivity contribution in [3.05, 3.63) is 40.8 Å². The number of nitrogens with zero attached hydrogens (tertiary/aromatic N) is 4. The molecule has 0 spiro atoms. The summed E-state index contributed by atoms with van der Waals surface area (Å²) in [6.45, 7) is 3.80. The van der Waals surface area contributed by atoms with Crippen LogP contribution in [0.3, 0.4) is 0 Å². The quantitative estimate of drug-likeness (QED) is 0.869. The Balaban J connectivity index is 2.05. The number of halogens is 1. The minimum Gasteiger partial charge on any atom is -0.355 e. The second-order valence-corrected chi connectivity index (χ2v) is 4.81. The zero-order valence-electron chi connectivity index (χ0n) is 9.97. The first-order chi connectivity index (χ1) is 8.19. The van der Waals surface area contributed by atoms with Gasteiger partial charge in [-0.2, -0.15) is 5.10 Å². The second kappa shape index (κ2) is 5.31. The van der Waals surface area contributed by atoms with Crippen LogP contribution in [0.25, 0.3) is 0 Å². The van der Waals surface area contributed by atoms with Gasteiger partial charge < -0.3 is 4.90 Å². The Hall–Kier alpha value is -1.36. The van der Waals surface area contributed by atoms with Crippen LogP contribution in [0, 0.1) is 0 Å². The van der Waals surface area contributed by atoms with Crippen molar-refractivity contribution in [1.82, 2.24) is 14.8 Å². The largest absolute Gasteiger partial charge is 0.355 e. The molecule has 0 bridgehead atoms. The van der Waals surface area contributed by atoms with Gasteiger partial charge in [0.2, 0.25) is 0 Å². The van der Waals surface area contributed by atoms with Crippen molar-refractivity contribution in [3.8, 4) is 0 Å². The first-order valence-corrected chi connectivity index (χ1v) is 6.32. The van der Waals surface area contributed by atoms with Gasteiger partial charge in [-0.15, -0.1) is 0 Å². The van der Waals surface area contributed by atoms with Gasteiger partial charge in [0.15, 0.2) is 0 Å². The molecule has 4 nitrogen and oxygen atoms in total. The summed E-state index contributed by atoms with van der Waals surface area (Å²) in [6.07, 6.45) is 5.77. The van der Waals surface area contributed by atoms with Gasteiger partial charge >= 0.3 is 0 Å². The molecular weight excluding hydrogens is 280 g/mol. The van der Waals surface area contributed by atoms with Crippen molar-refractivity contribution in [1.29, 1.82) is 0 Å². The molecule has 2 aromatic heterocycles. The maximum absolute atomic E-state index is 4.35. The molecule has 0 aromatic carbocycles. The van der Waals surface area contributed by atoms with E-state index >= 15 is 0 Å². The van der Waals surface area contributed by atoms with Crippen LogP contribution >= 0.6 is 15.9 Å². The van der Waals surface area contributed by atoms with Crippen molar-refractivity contribution in [2.45, 2.75) is 20.0 Å². The van der Waals surface area contributed by atoms with Crippen molar-refractivity contribution in [2.24, 2.45) is 0 Å². The molecule has 0 N–H and O–H groups in total. The maximum atomic E-state index is 4.35. The maximum Gasteiger partial charge on any atom is 0.128 e. The van der Waals surface area contributed by atoms with Gasteiger partial charge in [0.1, 0.15) is 5.82 Å². The summed E-state index contributed by atoms with van der Waals surface area (Å²) >= 11 is 3.38. The van der Waals surface area contributed by atoms with Crippen LogP contribution < -0.4 is 4.90 Å². The van der Waals surface area contributed by atoms with Gasteiger partial charge in [0.25, 0.3) is 0 Å². The molecule has 0 atom stereocenters. The number of anilines is 1. The summed E-state index contributed by atoms with van der Waals surface area (Å²) < 4.78 is 2.92. The van der Waals surface area contributed by atoms with E-state index in [4.69, 9.17) is 0 Å². The standard InChI is InChI=1S/C12H15BrN4/c1-3-17-9-10(6-15-17)8-16(2)12-5-4-11(13)7-14-12/h4-7,9H,3,8H2,1-2H3. The van der Waals surface area contributed by atoms with E-state index in [0.717, 1.165) is 23.4 Å². The molecule has 0 aliphatic heterocycles. The average molecular weight is 295 g/mol. The molecular formula is C12H15BrN4. The lowest BCUT2D eigenvalue weighted by Gasteiger charge is -2.16. The average Bonchev–Trinajstić information content (AvgIpc) is 2.77. The van der Waals surface area contributed by atoms with E-state index < -0.39 is 0 Å². The Morgan fingerprint density at radius 2 is 2.18 bits per heavy atom. The molecule has 0 amide bonds. The molecule has 2 heterocycles. The zero-order chi connectivity index (χ0) is 12.3. The first-order valence-electron chi connectivity index (χ1n) is 5.53. The lowest BCUT2D eigenvalue weighted by atomic mass is 10.3. The molecule has 0 saturated heterocycles. The number of aromatic nitrogens is 3. The van der Waals surface area contributed by atoms with Crippen LogP contribution in [0.1, 0.15) is 12.5 Å². The number of hydrogen-bond donors (Lipinski definition) is 0. The van der Waals surface area contributed by atoms with E-state index in [0.29, 0.717) is 0 Å². The second-order valence-electron chi connectivity index (χ2n) is 3.89. The molecule has 0 unspecified atom stereocenters. The summed E-state index contributed by atoms with van der Waals surface area (Å²) in [5.41, 5.74) is 1.19. The summed E-state index contributed by atoms with van der Waals surface area (Å²) in [4.78, 5) is 6.45. The van der Waals surface area contributed by atoms with Crippen LogP contribution in [0.4, 0.5) is 5.82 Å². The van der Waals surface area contributed by atoms with E-state index in [1.54, 1.807) is 6.20 Å². The number of pyridine rings is 1. The summed E-state index contributed by atoms with van der Waals surface area (Å²) in [6, 6.07) is 3.99. The van der Waals surface area contributed by atoms with E-state index in [1.807, 2.05) is 30.1 Å². The Labute approximate surface area is 109 Å². The fourth-order valence-electron chi connectivity index (χ4n) is 1.61. The van der Waals surface area contributed by atoms with Crippen LogP contribution in [-0.4, -0.2) is 21.8 Å². The van der Waals surface area contributed by atoms with Gasteiger partial charge in [-0.3, -0.25) is 4.68 Å². The van der Waals surface area contributed by atoms with Gasteiger partial charge in [0.05, 0.1) is 6.20 Å². The van der Waals surface area contributed by atoms with E-state index in [1.165, 1.54) is 5.56 Å². The van der Waals surface area contributed by atoms with Crippen LogP contribution in [0.5, 0.6) is 0 Å². The van der Waals surface area contributed by atoms with Crippen LogP contribution in [0.2, 0.25) is 0 Å². The van der Waals surface area contributed by atoms with E-state index in [9.17, 15) is 0 Å². The highest BCUT2D eigenvalue weighted by Gasteiger charge is 2.05. The summed E-state index contributed by atoms with van der Waals surface area (Å²) in [5.74, 6) is 0.956. The highest BCUT2D eigenvalue weighted by Crippen LogP contribution is 2.15. The highest BCUT2D eigenvalue weighted by molar-refractivity contribution is 9.10. The van der Waals surface area contributed by atoms with Crippen molar-refractivity contribution >= 4 is 21.7 Å². The van der Waals surface area contributed by atoms with E-state index in [-0.39, 0.29) is 0 Å². The lowest BCUT2D eigenvalue weighted by molar-refractivity contribution is 0.659. The Kier molecular flexibility index (Phi) is 3.78. The molecule has 0 aliphatic carbocycles. The number of aryl methyl sites for hydroxylation is 1. The minimum atomic E-state index is 0.814. The molecule has 2 aromatic rings. The summed E-state index contributed by atoms with van der Waals surface area (Å²) in [7, 11) is 2.03.